The van der Waals surface area contributed by atoms with E-state index in [9.17, 15) is 28.9 Å². The molecule has 1 aromatic rings. The number of ketones is 1. The van der Waals surface area contributed by atoms with Crippen molar-refractivity contribution in [2.75, 3.05) is 11.9 Å². The summed E-state index contributed by atoms with van der Waals surface area (Å²) in [4.78, 5) is 46.5. The van der Waals surface area contributed by atoms with Crippen molar-refractivity contribution in [1.82, 2.24) is 0 Å². The first-order valence-electron chi connectivity index (χ1n) is 8.57. The number of rotatable bonds is 7. The fourth-order valence-corrected chi connectivity index (χ4v) is 3.29. The van der Waals surface area contributed by atoms with Crippen molar-refractivity contribution in [1.29, 1.82) is 0 Å². The molecule has 4 atom stereocenters. The maximum absolute atomic E-state index is 13.1. The number of nitrogens with one attached hydrogen (secondary N) is 1. The number of benzene rings is 1. The number of hydrogen-bond donors (Lipinski definition) is 1. The molecule has 9 heteroatoms. The Morgan fingerprint density at radius 2 is 2.15 bits per heavy atom. The normalized spacial score (nSPS) is 22.9. The van der Waals surface area contributed by atoms with Gasteiger partial charge in [0.2, 0.25) is 6.54 Å². The topological polar surface area (TPSA) is 116 Å². The summed E-state index contributed by atoms with van der Waals surface area (Å²) in [6.45, 7) is 2.70. The van der Waals surface area contributed by atoms with E-state index in [0.29, 0.717) is 0 Å². The van der Waals surface area contributed by atoms with Crippen LogP contribution in [0.4, 0.5) is 10.1 Å². The Hall–Kier alpha value is -2.84. The van der Waals surface area contributed by atoms with Gasteiger partial charge in [-0.2, -0.15) is 0 Å². The second kappa shape index (κ2) is 8.70. The van der Waals surface area contributed by atoms with E-state index >= 15 is 0 Å². The fourth-order valence-electron chi connectivity index (χ4n) is 3.29. The number of nitrogens with zero attached hydrogens (tertiary/aromatic N) is 1. The van der Waals surface area contributed by atoms with E-state index in [1.807, 2.05) is 0 Å². The number of carbonyl (C=O) groups excluding carboxylic acids is 3. The van der Waals surface area contributed by atoms with Gasteiger partial charge in [-0.25, -0.2) is 4.39 Å². The molecule has 0 radical (unpaired) electrons. The summed E-state index contributed by atoms with van der Waals surface area (Å²) in [5.41, 5.74) is 0.216. The number of halogens is 1. The molecular weight excluding hydrogens is 359 g/mol. The van der Waals surface area contributed by atoms with Crippen LogP contribution in [0, 0.1) is 33.7 Å². The number of anilines is 1. The van der Waals surface area contributed by atoms with Gasteiger partial charge in [0.05, 0.1) is 6.42 Å². The molecule has 0 aromatic heterocycles. The number of ether oxygens (including phenoxy) is 1. The van der Waals surface area contributed by atoms with Crippen LogP contribution in [-0.4, -0.2) is 35.2 Å². The van der Waals surface area contributed by atoms with E-state index in [2.05, 4.69) is 5.32 Å². The summed E-state index contributed by atoms with van der Waals surface area (Å²) < 4.78 is 18.2. The van der Waals surface area contributed by atoms with Gasteiger partial charge in [0.1, 0.15) is 11.6 Å². The lowest BCUT2D eigenvalue weighted by Crippen LogP contribution is -2.32. The first-order chi connectivity index (χ1) is 12.7. The predicted molar refractivity (Wildman–Crippen MR) is 92.8 cm³/mol. The second-order valence-corrected chi connectivity index (χ2v) is 6.77. The molecule has 146 valence electrons. The smallest absolute Gasteiger partial charge is 0.307 e. The molecule has 0 bridgehead atoms. The van der Waals surface area contributed by atoms with Crippen LogP contribution in [0.2, 0.25) is 0 Å². The first-order valence-corrected chi connectivity index (χ1v) is 8.57. The summed E-state index contributed by atoms with van der Waals surface area (Å²) in [6.07, 6.45) is -1.28. The number of carbonyl (C=O) groups is 3. The molecule has 1 fully saturated rings. The van der Waals surface area contributed by atoms with Crippen molar-refractivity contribution in [3.05, 3.63) is 40.2 Å². The molecular formula is C18H21FN2O6. The number of nitro groups is 1. The van der Waals surface area contributed by atoms with Gasteiger partial charge in [-0.1, -0.05) is 13.0 Å². The molecule has 1 aromatic carbocycles. The SMILES string of the molecule is C[C@H](OC(=O)C[C@@H]1C(=O)C[C@@H](C)[C@H]1C[N+](=O)[O-])C(=O)Nc1cccc(F)c1. The van der Waals surface area contributed by atoms with E-state index < -0.39 is 40.6 Å². The lowest BCUT2D eigenvalue weighted by Gasteiger charge is -2.18. The minimum absolute atomic E-state index is 0.186. The lowest BCUT2D eigenvalue weighted by molar-refractivity contribution is -0.490. The molecule has 1 saturated carbocycles. The highest BCUT2D eigenvalue weighted by atomic mass is 19.1. The van der Waals surface area contributed by atoms with Gasteiger partial charge in [0.25, 0.3) is 5.91 Å². The highest BCUT2D eigenvalue weighted by Gasteiger charge is 2.44. The van der Waals surface area contributed by atoms with Gasteiger partial charge in [0.15, 0.2) is 6.10 Å². The Morgan fingerprint density at radius 1 is 1.44 bits per heavy atom. The zero-order valence-electron chi connectivity index (χ0n) is 15.0. The van der Waals surface area contributed by atoms with Crippen LogP contribution in [-0.2, 0) is 19.1 Å². The van der Waals surface area contributed by atoms with Crippen LogP contribution in [0.15, 0.2) is 24.3 Å². The molecule has 0 aliphatic heterocycles. The molecule has 27 heavy (non-hydrogen) atoms. The Morgan fingerprint density at radius 3 is 2.78 bits per heavy atom. The Balaban J connectivity index is 1.92. The summed E-state index contributed by atoms with van der Waals surface area (Å²) in [6, 6.07) is 5.24. The average molecular weight is 380 g/mol. The van der Waals surface area contributed by atoms with Crippen LogP contribution in [0.5, 0.6) is 0 Å². The van der Waals surface area contributed by atoms with Gasteiger partial charge in [-0.15, -0.1) is 0 Å². The van der Waals surface area contributed by atoms with Crippen molar-refractivity contribution in [2.45, 2.75) is 32.8 Å². The van der Waals surface area contributed by atoms with Gasteiger partial charge in [-0.3, -0.25) is 24.5 Å². The van der Waals surface area contributed by atoms with Gasteiger partial charge < -0.3 is 10.1 Å². The predicted octanol–water partition coefficient (Wildman–Crippen LogP) is 2.20. The summed E-state index contributed by atoms with van der Waals surface area (Å²) in [5, 5.41) is 13.2. The summed E-state index contributed by atoms with van der Waals surface area (Å²) in [7, 11) is 0. The van der Waals surface area contributed by atoms with E-state index in [1.54, 1.807) is 6.92 Å². The number of esters is 1. The molecule has 1 N–H and O–H groups in total. The molecule has 0 unspecified atom stereocenters. The van der Waals surface area contributed by atoms with Gasteiger partial charge >= 0.3 is 5.97 Å². The first kappa shape index (κ1) is 20.5. The van der Waals surface area contributed by atoms with E-state index in [-0.39, 0.29) is 36.8 Å². The maximum Gasteiger partial charge on any atom is 0.307 e. The fraction of sp³-hybridized carbons (Fsp3) is 0.500. The Labute approximate surface area is 155 Å². The quantitative estimate of drug-likeness (QED) is 0.440. The van der Waals surface area contributed by atoms with Crippen molar-refractivity contribution in [3.63, 3.8) is 0 Å². The molecule has 1 aliphatic rings. The van der Waals surface area contributed by atoms with Gasteiger partial charge in [-0.05, 0) is 31.0 Å². The number of hydrogen-bond acceptors (Lipinski definition) is 6. The van der Waals surface area contributed by atoms with E-state index in [4.69, 9.17) is 4.74 Å². The zero-order chi connectivity index (χ0) is 20.1. The van der Waals surface area contributed by atoms with E-state index in [0.717, 1.165) is 6.07 Å². The molecule has 1 aliphatic carbocycles. The third-order valence-electron chi connectivity index (χ3n) is 4.70. The van der Waals surface area contributed by atoms with Crippen LogP contribution in [0.1, 0.15) is 26.7 Å². The monoisotopic (exact) mass is 380 g/mol. The number of amides is 1. The highest BCUT2D eigenvalue weighted by molar-refractivity contribution is 5.95. The average Bonchev–Trinajstić information content (AvgIpc) is 2.81. The molecule has 0 spiro atoms. The highest BCUT2D eigenvalue weighted by Crippen LogP contribution is 2.36. The minimum atomic E-state index is -1.16. The third kappa shape index (κ3) is 5.57. The second-order valence-electron chi connectivity index (χ2n) is 6.77. The lowest BCUT2D eigenvalue weighted by atomic mass is 9.88. The standard InChI is InChI=1S/C18H21FN2O6/c1-10-6-16(22)14(15(10)9-21(25)26)8-17(23)27-11(2)18(24)20-13-5-3-4-12(19)7-13/h3-5,7,10-11,14-15H,6,8-9H2,1-2H3,(H,20,24)/t10-,11+,14+,15-/m1/s1. The molecule has 2 rings (SSSR count). The molecule has 1 amide bonds. The van der Waals surface area contributed by atoms with Crippen LogP contribution < -0.4 is 5.32 Å². The van der Waals surface area contributed by atoms with Crippen LogP contribution >= 0.6 is 0 Å². The zero-order valence-corrected chi connectivity index (χ0v) is 15.0. The van der Waals surface area contributed by atoms with Crippen molar-refractivity contribution < 1.29 is 28.4 Å². The largest absolute Gasteiger partial charge is 0.453 e. The molecule has 8 nitrogen and oxygen atoms in total. The molecule has 0 saturated heterocycles. The third-order valence-corrected chi connectivity index (χ3v) is 4.70. The Kier molecular flexibility index (Phi) is 6.59. The van der Waals surface area contributed by atoms with Crippen LogP contribution in [0.25, 0.3) is 0 Å². The summed E-state index contributed by atoms with van der Waals surface area (Å²) in [5.74, 6) is -3.66. The van der Waals surface area contributed by atoms with Gasteiger partial charge in [0, 0.05) is 28.9 Å². The molecule has 0 heterocycles. The maximum atomic E-state index is 13.1. The summed E-state index contributed by atoms with van der Waals surface area (Å²) >= 11 is 0. The van der Waals surface area contributed by atoms with Crippen molar-refractivity contribution in [2.24, 2.45) is 17.8 Å². The van der Waals surface area contributed by atoms with Crippen molar-refractivity contribution >= 4 is 23.3 Å². The van der Waals surface area contributed by atoms with Crippen molar-refractivity contribution in [3.8, 4) is 0 Å². The number of Topliss-reactive ketones (excluding diaryl/α,β-unsaturated/α-hetero) is 1. The van der Waals surface area contributed by atoms with Crippen LogP contribution in [0.3, 0.4) is 0 Å². The van der Waals surface area contributed by atoms with E-state index in [1.165, 1.54) is 25.1 Å². The minimum Gasteiger partial charge on any atom is -0.453 e. The Bertz CT molecular complexity index is 753.